The molecule has 0 saturated heterocycles. The lowest BCUT2D eigenvalue weighted by atomic mass is 9.82. The minimum Gasteiger partial charge on any atom is -0.466 e. The molecule has 1 aliphatic carbocycles. The van der Waals surface area contributed by atoms with Crippen LogP contribution in [0.3, 0.4) is 0 Å². The minimum absolute atomic E-state index is 0.113. The maximum atomic E-state index is 12.0. The van der Waals surface area contributed by atoms with Crippen LogP contribution in [0.1, 0.15) is 48.5 Å². The summed E-state index contributed by atoms with van der Waals surface area (Å²) in [6.45, 7) is 4.37. The van der Waals surface area contributed by atoms with Crippen LogP contribution in [0.2, 0.25) is 0 Å². The van der Waals surface area contributed by atoms with Crippen molar-refractivity contribution in [3.05, 3.63) is 41.1 Å². The second-order valence-corrected chi connectivity index (χ2v) is 5.78. The Morgan fingerprint density at radius 3 is 2.74 bits per heavy atom. The first kappa shape index (κ1) is 15.6. The number of hydrogen-bond acceptors (Lipinski definition) is 5. The number of carbonyl (C=O) groups is 2. The first-order chi connectivity index (χ1) is 11.1. The zero-order chi connectivity index (χ0) is 16.4. The summed E-state index contributed by atoms with van der Waals surface area (Å²) in [5.74, 6) is -0.464. The molecule has 2 unspecified atom stereocenters. The maximum absolute atomic E-state index is 12.0. The van der Waals surface area contributed by atoms with E-state index in [9.17, 15) is 9.59 Å². The molecular weight excluding hydrogens is 294 g/mol. The molecule has 0 bridgehead atoms. The zero-order valence-electron chi connectivity index (χ0n) is 13.4. The summed E-state index contributed by atoms with van der Waals surface area (Å²) in [5, 5.41) is 3.38. The molecule has 1 heterocycles. The van der Waals surface area contributed by atoms with Gasteiger partial charge in [-0.1, -0.05) is 6.08 Å². The number of nitrogens with one attached hydrogen (secondary N) is 1. The van der Waals surface area contributed by atoms with E-state index in [1.807, 2.05) is 19.1 Å². The summed E-state index contributed by atoms with van der Waals surface area (Å²) >= 11 is 0. The zero-order valence-corrected chi connectivity index (χ0v) is 13.4. The van der Waals surface area contributed by atoms with E-state index in [2.05, 4.69) is 11.4 Å². The number of fused-ring (bicyclic) bond motifs is 3. The van der Waals surface area contributed by atoms with Gasteiger partial charge in [0.25, 0.3) is 0 Å². The van der Waals surface area contributed by atoms with Crippen LogP contribution in [-0.2, 0) is 14.3 Å². The Kier molecular flexibility index (Phi) is 4.37. The lowest BCUT2D eigenvalue weighted by molar-refractivity contribution is -0.148. The van der Waals surface area contributed by atoms with Crippen molar-refractivity contribution in [2.45, 2.75) is 32.6 Å². The van der Waals surface area contributed by atoms with Crippen molar-refractivity contribution in [3.8, 4) is 0 Å². The van der Waals surface area contributed by atoms with Crippen molar-refractivity contribution in [2.24, 2.45) is 5.92 Å². The van der Waals surface area contributed by atoms with E-state index in [-0.39, 0.29) is 23.8 Å². The largest absolute Gasteiger partial charge is 0.466 e. The predicted octanol–water partition coefficient (Wildman–Crippen LogP) is 3.23. The third-order valence-electron chi connectivity index (χ3n) is 4.35. The van der Waals surface area contributed by atoms with E-state index in [1.165, 1.54) is 0 Å². The van der Waals surface area contributed by atoms with Crippen molar-refractivity contribution in [3.63, 3.8) is 0 Å². The molecule has 2 aliphatic rings. The number of ether oxygens (including phenoxy) is 2. The van der Waals surface area contributed by atoms with Gasteiger partial charge in [0.2, 0.25) is 0 Å². The molecule has 1 aromatic rings. The molecule has 0 saturated carbocycles. The summed E-state index contributed by atoms with van der Waals surface area (Å²) < 4.78 is 10.2. The number of allylic oxidation sites excluding steroid dienone is 2. The minimum atomic E-state index is -0.314. The molecule has 0 radical (unpaired) electrons. The fourth-order valence-electron chi connectivity index (χ4n) is 3.27. The Bertz CT molecular complexity index is 665. The molecule has 1 aromatic carbocycles. The van der Waals surface area contributed by atoms with Crippen LogP contribution in [-0.4, -0.2) is 25.2 Å². The molecule has 2 atom stereocenters. The molecule has 1 N–H and O–H groups in total. The molecule has 3 rings (SSSR count). The summed E-state index contributed by atoms with van der Waals surface area (Å²) in [6, 6.07) is 5.55. The Morgan fingerprint density at radius 2 is 2.00 bits per heavy atom. The number of carbonyl (C=O) groups excluding carboxylic acids is 2. The van der Waals surface area contributed by atoms with Gasteiger partial charge in [0, 0.05) is 17.3 Å². The monoisotopic (exact) mass is 315 g/mol. The molecule has 0 spiro atoms. The van der Waals surface area contributed by atoms with Crippen LogP contribution < -0.4 is 5.32 Å². The highest BCUT2D eigenvalue weighted by molar-refractivity contribution is 5.91. The van der Waals surface area contributed by atoms with Gasteiger partial charge in [0.15, 0.2) is 0 Å². The number of anilines is 1. The van der Waals surface area contributed by atoms with Crippen molar-refractivity contribution >= 4 is 17.6 Å². The molecule has 5 nitrogen and oxygen atoms in total. The van der Waals surface area contributed by atoms with Crippen LogP contribution in [0.5, 0.6) is 0 Å². The van der Waals surface area contributed by atoms with Gasteiger partial charge in [0.1, 0.15) is 0 Å². The van der Waals surface area contributed by atoms with Gasteiger partial charge < -0.3 is 14.8 Å². The average Bonchev–Trinajstić information content (AvgIpc) is 2.92. The van der Waals surface area contributed by atoms with Crippen molar-refractivity contribution in [1.82, 2.24) is 0 Å². The highest BCUT2D eigenvalue weighted by Crippen LogP contribution is 2.46. The number of rotatable bonds is 4. The van der Waals surface area contributed by atoms with E-state index in [1.54, 1.807) is 13.0 Å². The Balaban J connectivity index is 1.84. The van der Waals surface area contributed by atoms with Gasteiger partial charge in [0.05, 0.1) is 24.7 Å². The average molecular weight is 315 g/mol. The lowest BCUT2D eigenvalue weighted by Crippen LogP contribution is -2.23. The second kappa shape index (κ2) is 6.44. The molecule has 5 heteroatoms. The quantitative estimate of drug-likeness (QED) is 0.864. The molecule has 0 fully saturated rings. The second-order valence-electron chi connectivity index (χ2n) is 5.78. The van der Waals surface area contributed by atoms with Crippen LogP contribution in [0.4, 0.5) is 5.69 Å². The predicted molar refractivity (Wildman–Crippen MR) is 86.2 cm³/mol. The van der Waals surface area contributed by atoms with Gasteiger partial charge in [-0.25, -0.2) is 4.79 Å². The molecule has 1 aliphatic heterocycles. The lowest BCUT2D eigenvalue weighted by Gasteiger charge is -2.24. The Morgan fingerprint density at radius 1 is 1.22 bits per heavy atom. The third-order valence-corrected chi connectivity index (χ3v) is 4.35. The number of hydrogen-bond donors (Lipinski definition) is 1. The van der Waals surface area contributed by atoms with E-state index in [4.69, 9.17) is 9.47 Å². The molecule has 0 amide bonds. The normalized spacial score (nSPS) is 21.6. The van der Waals surface area contributed by atoms with Gasteiger partial charge >= 0.3 is 11.9 Å². The highest BCUT2D eigenvalue weighted by atomic mass is 16.5. The SMILES string of the molecule is CCOC(=O)c1ccc2c(c1)C1CC(C(=O)OCC)CC=C1N2. The van der Waals surface area contributed by atoms with Gasteiger partial charge in [-0.2, -0.15) is 0 Å². The maximum Gasteiger partial charge on any atom is 0.338 e. The van der Waals surface area contributed by atoms with Crippen molar-refractivity contribution in [2.75, 3.05) is 18.5 Å². The highest BCUT2D eigenvalue weighted by Gasteiger charge is 2.36. The van der Waals surface area contributed by atoms with Crippen LogP contribution in [0.15, 0.2) is 30.0 Å². The summed E-state index contributed by atoms with van der Waals surface area (Å²) in [5.41, 5.74) is 3.71. The Labute approximate surface area is 135 Å². The Hall–Kier alpha value is -2.30. The van der Waals surface area contributed by atoms with E-state index < -0.39 is 0 Å². The van der Waals surface area contributed by atoms with Gasteiger partial charge in [-0.05, 0) is 50.5 Å². The standard InChI is InChI=1S/C18H21NO4/c1-3-22-17(20)11-5-7-15-13(9-11)14-10-12(18(21)23-4-2)6-8-16(14)19-15/h5,7-9,12,14,19H,3-4,6,10H2,1-2H3. The van der Waals surface area contributed by atoms with Crippen molar-refractivity contribution < 1.29 is 19.1 Å². The summed E-state index contributed by atoms with van der Waals surface area (Å²) in [4.78, 5) is 23.9. The first-order valence-corrected chi connectivity index (χ1v) is 8.08. The number of benzene rings is 1. The molecule has 23 heavy (non-hydrogen) atoms. The van der Waals surface area contributed by atoms with Crippen LogP contribution in [0, 0.1) is 5.92 Å². The number of esters is 2. The smallest absolute Gasteiger partial charge is 0.338 e. The van der Waals surface area contributed by atoms with E-state index in [0.717, 1.165) is 16.9 Å². The van der Waals surface area contributed by atoms with Crippen LogP contribution >= 0.6 is 0 Å². The van der Waals surface area contributed by atoms with Crippen LogP contribution in [0.25, 0.3) is 0 Å². The molecular formula is C18H21NO4. The van der Waals surface area contributed by atoms with E-state index >= 15 is 0 Å². The van der Waals surface area contributed by atoms with Crippen molar-refractivity contribution in [1.29, 1.82) is 0 Å². The topological polar surface area (TPSA) is 64.6 Å². The third kappa shape index (κ3) is 2.96. The van der Waals surface area contributed by atoms with Gasteiger partial charge in [-0.15, -0.1) is 0 Å². The molecule has 0 aromatic heterocycles. The summed E-state index contributed by atoms with van der Waals surface area (Å²) in [6.07, 6.45) is 3.47. The fraction of sp³-hybridized carbons (Fsp3) is 0.444. The van der Waals surface area contributed by atoms with E-state index in [0.29, 0.717) is 31.6 Å². The summed E-state index contributed by atoms with van der Waals surface area (Å²) in [7, 11) is 0. The van der Waals surface area contributed by atoms with Gasteiger partial charge in [-0.3, -0.25) is 4.79 Å². The first-order valence-electron chi connectivity index (χ1n) is 8.08. The molecule has 122 valence electrons. The fourth-order valence-corrected chi connectivity index (χ4v) is 3.27.